The summed E-state index contributed by atoms with van der Waals surface area (Å²) in [5, 5.41) is 0. The van der Waals surface area contributed by atoms with Gasteiger partial charge in [-0.2, -0.15) is 0 Å². The Kier molecular flexibility index (Phi) is 5.95. The predicted octanol–water partition coefficient (Wildman–Crippen LogP) is 3.15. The average molecular weight is 383 g/mol. The van der Waals surface area contributed by atoms with Gasteiger partial charge in [-0.3, -0.25) is 4.79 Å². The molecule has 6 nitrogen and oxygen atoms in total. The summed E-state index contributed by atoms with van der Waals surface area (Å²) >= 11 is 0. The highest BCUT2D eigenvalue weighted by molar-refractivity contribution is 5.94. The van der Waals surface area contributed by atoms with E-state index in [1.807, 2.05) is 29.4 Å². The van der Waals surface area contributed by atoms with Crippen molar-refractivity contribution in [1.29, 1.82) is 0 Å². The Balaban J connectivity index is 1.42. The van der Waals surface area contributed by atoms with Gasteiger partial charge < -0.3 is 19.1 Å². The zero-order valence-electron chi connectivity index (χ0n) is 16.7. The number of hydrogen-bond acceptors (Lipinski definition) is 4. The fourth-order valence-corrected chi connectivity index (χ4v) is 4.40. The molecule has 2 aromatic rings. The molecule has 6 heteroatoms. The zero-order valence-corrected chi connectivity index (χ0v) is 16.7. The lowest BCUT2D eigenvalue weighted by Crippen LogP contribution is -2.39. The molecule has 0 saturated carbocycles. The van der Waals surface area contributed by atoms with Crippen LogP contribution in [-0.2, 0) is 11.3 Å². The number of amides is 1. The highest BCUT2D eigenvalue weighted by Gasteiger charge is 2.28. The first-order valence-corrected chi connectivity index (χ1v) is 10.4. The highest BCUT2D eigenvalue weighted by atomic mass is 16.5. The van der Waals surface area contributed by atoms with Gasteiger partial charge in [-0.25, -0.2) is 4.98 Å². The summed E-state index contributed by atoms with van der Waals surface area (Å²) in [4.78, 5) is 22.0. The molecule has 0 spiro atoms. The van der Waals surface area contributed by atoms with Crippen molar-refractivity contribution in [2.75, 3.05) is 44.8 Å². The molecule has 1 amide bonds. The van der Waals surface area contributed by atoms with Crippen molar-refractivity contribution in [2.45, 2.75) is 38.1 Å². The van der Waals surface area contributed by atoms with E-state index in [1.165, 1.54) is 18.5 Å². The van der Waals surface area contributed by atoms with Gasteiger partial charge in [0.1, 0.15) is 5.82 Å². The monoisotopic (exact) mass is 382 g/mol. The summed E-state index contributed by atoms with van der Waals surface area (Å²) in [5.41, 5.74) is 2.01. The molecule has 4 rings (SSSR count). The van der Waals surface area contributed by atoms with E-state index in [-0.39, 0.29) is 11.8 Å². The van der Waals surface area contributed by atoms with Crippen LogP contribution in [0.1, 0.15) is 47.8 Å². The summed E-state index contributed by atoms with van der Waals surface area (Å²) < 4.78 is 7.36. The topological polar surface area (TPSA) is 50.6 Å². The van der Waals surface area contributed by atoms with Crippen LogP contribution in [0.4, 0.5) is 5.69 Å². The molecule has 28 heavy (non-hydrogen) atoms. The molecule has 1 aromatic carbocycles. The van der Waals surface area contributed by atoms with Gasteiger partial charge in [0.2, 0.25) is 0 Å². The minimum atomic E-state index is 0.132. The first-order chi connectivity index (χ1) is 13.8. The van der Waals surface area contributed by atoms with Crippen molar-refractivity contribution >= 4 is 11.6 Å². The van der Waals surface area contributed by atoms with Gasteiger partial charge in [0, 0.05) is 69.4 Å². The normalized spacial score (nSPS) is 20.0. The standard InChI is InChI=1S/C22H30N4O2/c1-28-16-15-25-14-10-23-21(25)19-5-4-13-26(17-19)22(27)18-6-8-20(9-7-18)24-11-2-3-12-24/h6-10,14,19H,2-5,11-13,15-17H2,1H3. The Morgan fingerprint density at radius 1 is 1.14 bits per heavy atom. The Morgan fingerprint density at radius 2 is 1.93 bits per heavy atom. The van der Waals surface area contributed by atoms with Crippen molar-refractivity contribution in [3.8, 4) is 0 Å². The fraction of sp³-hybridized carbons (Fsp3) is 0.545. The van der Waals surface area contributed by atoms with Crippen molar-refractivity contribution in [3.05, 3.63) is 48.0 Å². The molecular formula is C22H30N4O2. The van der Waals surface area contributed by atoms with E-state index in [2.05, 4.69) is 26.6 Å². The zero-order chi connectivity index (χ0) is 19.3. The van der Waals surface area contributed by atoms with Gasteiger partial charge in [0.25, 0.3) is 5.91 Å². The first kappa shape index (κ1) is 19.0. The molecular weight excluding hydrogens is 352 g/mol. The van der Waals surface area contributed by atoms with Crippen molar-refractivity contribution in [1.82, 2.24) is 14.5 Å². The van der Waals surface area contributed by atoms with E-state index in [4.69, 9.17) is 4.74 Å². The summed E-state index contributed by atoms with van der Waals surface area (Å²) in [6, 6.07) is 8.16. The Hall–Kier alpha value is -2.34. The van der Waals surface area contributed by atoms with Crippen LogP contribution in [0.2, 0.25) is 0 Å². The lowest BCUT2D eigenvalue weighted by atomic mass is 9.96. The number of methoxy groups -OCH3 is 1. The van der Waals surface area contributed by atoms with Gasteiger partial charge in [0.15, 0.2) is 0 Å². The molecule has 2 aliphatic rings. The van der Waals surface area contributed by atoms with E-state index in [0.717, 1.165) is 57.0 Å². The van der Waals surface area contributed by atoms with Crippen molar-refractivity contribution in [3.63, 3.8) is 0 Å². The fourth-order valence-electron chi connectivity index (χ4n) is 4.40. The molecule has 0 N–H and O–H groups in total. The maximum atomic E-state index is 13.1. The van der Waals surface area contributed by atoms with Crippen LogP contribution in [0.25, 0.3) is 0 Å². The van der Waals surface area contributed by atoms with Crippen LogP contribution in [0.5, 0.6) is 0 Å². The number of hydrogen-bond donors (Lipinski definition) is 0. The molecule has 0 radical (unpaired) electrons. The van der Waals surface area contributed by atoms with Crippen LogP contribution in [0, 0.1) is 0 Å². The summed E-state index contributed by atoms with van der Waals surface area (Å²) in [5.74, 6) is 1.49. The van der Waals surface area contributed by atoms with E-state index in [1.54, 1.807) is 7.11 Å². The lowest BCUT2D eigenvalue weighted by Gasteiger charge is -2.33. The molecule has 150 valence electrons. The number of ether oxygens (including phenoxy) is 1. The smallest absolute Gasteiger partial charge is 0.253 e. The number of imidazole rings is 1. The number of nitrogens with zero attached hydrogens (tertiary/aromatic N) is 4. The molecule has 2 fully saturated rings. The van der Waals surface area contributed by atoms with Gasteiger partial charge in [0.05, 0.1) is 6.61 Å². The van der Waals surface area contributed by atoms with Crippen LogP contribution in [-0.4, -0.2) is 60.3 Å². The third-order valence-electron chi connectivity index (χ3n) is 5.94. The Bertz CT molecular complexity index is 780. The molecule has 2 aliphatic heterocycles. The minimum Gasteiger partial charge on any atom is -0.383 e. The van der Waals surface area contributed by atoms with Crippen molar-refractivity contribution < 1.29 is 9.53 Å². The van der Waals surface area contributed by atoms with E-state index >= 15 is 0 Å². The van der Waals surface area contributed by atoms with Gasteiger partial charge in [-0.05, 0) is 49.9 Å². The number of rotatable bonds is 6. The summed E-state index contributed by atoms with van der Waals surface area (Å²) in [6.45, 7) is 5.27. The van der Waals surface area contributed by atoms with Gasteiger partial charge in [-0.1, -0.05) is 0 Å². The van der Waals surface area contributed by atoms with Gasteiger partial charge >= 0.3 is 0 Å². The third-order valence-corrected chi connectivity index (χ3v) is 5.94. The van der Waals surface area contributed by atoms with E-state index < -0.39 is 0 Å². The quantitative estimate of drug-likeness (QED) is 0.770. The maximum Gasteiger partial charge on any atom is 0.253 e. The van der Waals surface area contributed by atoms with Crippen LogP contribution < -0.4 is 4.90 Å². The summed E-state index contributed by atoms with van der Waals surface area (Å²) in [6.07, 6.45) is 8.46. The van der Waals surface area contributed by atoms with E-state index in [0.29, 0.717) is 6.61 Å². The Morgan fingerprint density at radius 3 is 2.68 bits per heavy atom. The van der Waals surface area contributed by atoms with Crippen LogP contribution >= 0.6 is 0 Å². The second kappa shape index (κ2) is 8.78. The number of carbonyl (C=O) groups excluding carboxylic acids is 1. The van der Waals surface area contributed by atoms with Gasteiger partial charge in [-0.15, -0.1) is 0 Å². The number of likely N-dealkylation sites (tertiary alicyclic amines) is 1. The molecule has 1 unspecified atom stereocenters. The van der Waals surface area contributed by atoms with Crippen LogP contribution in [0.15, 0.2) is 36.7 Å². The third kappa shape index (κ3) is 4.07. The molecule has 1 atom stereocenters. The SMILES string of the molecule is COCCn1ccnc1C1CCCN(C(=O)c2ccc(N3CCCC3)cc2)C1. The Labute approximate surface area is 167 Å². The highest BCUT2D eigenvalue weighted by Crippen LogP contribution is 2.27. The predicted molar refractivity (Wildman–Crippen MR) is 110 cm³/mol. The number of anilines is 1. The van der Waals surface area contributed by atoms with E-state index in [9.17, 15) is 4.79 Å². The molecule has 0 bridgehead atoms. The number of aromatic nitrogens is 2. The largest absolute Gasteiger partial charge is 0.383 e. The summed E-state index contributed by atoms with van der Waals surface area (Å²) in [7, 11) is 1.71. The second-order valence-corrected chi connectivity index (χ2v) is 7.80. The van der Waals surface area contributed by atoms with Crippen LogP contribution in [0.3, 0.4) is 0 Å². The molecule has 2 saturated heterocycles. The average Bonchev–Trinajstić information content (AvgIpc) is 3.44. The maximum absolute atomic E-state index is 13.1. The minimum absolute atomic E-state index is 0.132. The number of carbonyl (C=O) groups is 1. The number of benzene rings is 1. The first-order valence-electron chi connectivity index (χ1n) is 10.4. The van der Waals surface area contributed by atoms with Crippen molar-refractivity contribution in [2.24, 2.45) is 0 Å². The lowest BCUT2D eigenvalue weighted by molar-refractivity contribution is 0.0702. The number of piperidine rings is 1. The molecule has 1 aromatic heterocycles. The molecule has 3 heterocycles. The second-order valence-electron chi connectivity index (χ2n) is 7.80. The molecule has 0 aliphatic carbocycles.